The molecule has 0 saturated carbocycles. The van der Waals surface area contributed by atoms with E-state index in [0.29, 0.717) is 0 Å². The lowest BCUT2D eigenvalue weighted by Crippen LogP contribution is -1.91. The number of hydrogen-bond donors (Lipinski definition) is 0. The van der Waals surface area contributed by atoms with Crippen LogP contribution < -0.4 is 0 Å². The topological polar surface area (TPSA) is 13.1 Å². The van der Waals surface area contributed by atoms with Crippen LogP contribution in [0.1, 0.15) is 0 Å². The van der Waals surface area contributed by atoms with Crippen LogP contribution in [0.4, 0.5) is 0 Å². The number of benzene rings is 7. The van der Waals surface area contributed by atoms with Crippen molar-refractivity contribution in [3.05, 3.63) is 134 Å². The third kappa shape index (κ3) is 3.03. The molecule has 0 amide bonds. The van der Waals surface area contributed by atoms with Gasteiger partial charge in [-0.15, -0.1) is 11.3 Å². The van der Waals surface area contributed by atoms with Crippen molar-refractivity contribution in [2.24, 2.45) is 0 Å². The van der Waals surface area contributed by atoms with Crippen molar-refractivity contribution in [3.63, 3.8) is 0 Å². The second kappa shape index (κ2) is 8.29. The third-order valence-corrected chi connectivity index (χ3v) is 9.47. The molecular formula is C38H22OS. The number of rotatable bonds is 2. The molecule has 2 aromatic heterocycles. The van der Waals surface area contributed by atoms with Crippen molar-refractivity contribution < 1.29 is 4.42 Å². The first-order valence-electron chi connectivity index (χ1n) is 13.6. The number of fused-ring (bicyclic) bond motifs is 8. The van der Waals surface area contributed by atoms with Crippen LogP contribution in [-0.4, -0.2) is 0 Å². The van der Waals surface area contributed by atoms with Gasteiger partial charge in [0.1, 0.15) is 5.58 Å². The van der Waals surface area contributed by atoms with Crippen LogP contribution in [0.3, 0.4) is 0 Å². The molecule has 0 saturated heterocycles. The fourth-order valence-corrected chi connectivity index (χ4v) is 7.70. The minimum Gasteiger partial charge on any atom is -0.464 e. The van der Waals surface area contributed by atoms with Gasteiger partial charge in [0.25, 0.3) is 0 Å². The lowest BCUT2D eigenvalue weighted by molar-refractivity contribution is 0.619. The highest BCUT2D eigenvalue weighted by Gasteiger charge is 2.19. The van der Waals surface area contributed by atoms with E-state index < -0.39 is 0 Å². The molecule has 9 rings (SSSR count). The van der Waals surface area contributed by atoms with Crippen LogP contribution in [0.15, 0.2) is 138 Å². The van der Waals surface area contributed by atoms with Crippen LogP contribution >= 0.6 is 11.3 Å². The number of furan rings is 1. The molecule has 0 aliphatic heterocycles. The average Bonchev–Trinajstić information content (AvgIpc) is 3.63. The summed E-state index contributed by atoms with van der Waals surface area (Å²) in [5.41, 5.74) is 6.06. The SMILES string of the molecule is c1ccc2c(-c3c4ccccc4c(-c4ccc5sc6ccc7ccoc7c6c5c4)c4ccccc34)cccc2c1. The summed E-state index contributed by atoms with van der Waals surface area (Å²) >= 11 is 1.83. The Hall–Kier alpha value is -4.92. The number of thiophene rings is 1. The van der Waals surface area contributed by atoms with E-state index in [1.165, 1.54) is 74.7 Å². The molecule has 0 atom stereocenters. The second-order valence-corrected chi connectivity index (χ2v) is 11.5. The molecule has 0 radical (unpaired) electrons. The zero-order valence-corrected chi connectivity index (χ0v) is 22.3. The zero-order chi connectivity index (χ0) is 26.2. The van der Waals surface area contributed by atoms with E-state index in [2.05, 4.69) is 127 Å². The van der Waals surface area contributed by atoms with E-state index in [1.54, 1.807) is 6.26 Å². The van der Waals surface area contributed by atoms with Gasteiger partial charge in [0.05, 0.1) is 6.26 Å². The van der Waals surface area contributed by atoms with Crippen LogP contribution in [-0.2, 0) is 0 Å². The molecular weight excluding hydrogens is 504 g/mol. The maximum atomic E-state index is 5.99. The largest absolute Gasteiger partial charge is 0.464 e. The molecule has 0 N–H and O–H groups in total. The normalized spacial score (nSPS) is 12.0. The predicted molar refractivity (Wildman–Crippen MR) is 172 cm³/mol. The van der Waals surface area contributed by atoms with Crippen molar-refractivity contribution in [2.75, 3.05) is 0 Å². The molecule has 0 aliphatic carbocycles. The Kier molecular flexibility index (Phi) is 4.55. The van der Waals surface area contributed by atoms with Crippen molar-refractivity contribution >= 4 is 74.8 Å². The van der Waals surface area contributed by atoms with Crippen molar-refractivity contribution in [1.82, 2.24) is 0 Å². The summed E-state index contributed by atoms with van der Waals surface area (Å²) < 4.78 is 8.53. The predicted octanol–water partition coefficient (Wildman–Crippen LogP) is 11.6. The molecule has 2 heterocycles. The molecule has 1 nitrogen and oxygen atoms in total. The van der Waals surface area contributed by atoms with Crippen molar-refractivity contribution in [1.29, 1.82) is 0 Å². The first-order valence-corrected chi connectivity index (χ1v) is 14.4. The lowest BCUT2D eigenvalue weighted by Gasteiger charge is -2.19. The van der Waals surface area contributed by atoms with E-state index in [-0.39, 0.29) is 0 Å². The van der Waals surface area contributed by atoms with Gasteiger partial charge in [0, 0.05) is 25.6 Å². The minimum atomic E-state index is 0.974. The van der Waals surface area contributed by atoms with E-state index in [1.807, 2.05) is 11.3 Å². The monoisotopic (exact) mass is 526 g/mol. The Morgan fingerprint density at radius 2 is 1.10 bits per heavy atom. The third-order valence-electron chi connectivity index (χ3n) is 8.33. The van der Waals surface area contributed by atoms with Gasteiger partial charge in [-0.05, 0) is 84.9 Å². The Morgan fingerprint density at radius 3 is 1.88 bits per heavy atom. The number of hydrogen-bond acceptors (Lipinski definition) is 2. The smallest absolute Gasteiger partial charge is 0.143 e. The fourth-order valence-electron chi connectivity index (χ4n) is 6.62. The van der Waals surface area contributed by atoms with Gasteiger partial charge in [0.2, 0.25) is 0 Å². The zero-order valence-electron chi connectivity index (χ0n) is 21.5. The van der Waals surface area contributed by atoms with E-state index >= 15 is 0 Å². The van der Waals surface area contributed by atoms with E-state index in [0.717, 1.165) is 11.0 Å². The minimum absolute atomic E-state index is 0.974. The Bertz CT molecular complexity index is 2380. The molecule has 0 aliphatic rings. The highest BCUT2D eigenvalue weighted by atomic mass is 32.1. The first kappa shape index (κ1) is 22.0. The molecule has 40 heavy (non-hydrogen) atoms. The van der Waals surface area contributed by atoms with E-state index in [4.69, 9.17) is 4.42 Å². The van der Waals surface area contributed by atoms with Crippen LogP contribution in [0.25, 0.3) is 85.7 Å². The first-order chi connectivity index (χ1) is 19.8. The summed E-state index contributed by atoms with van der Waals surface area (Å²) in [4.78, 5) is 0. The van der Waals surface area contributed by atoms with E-state index in [9.17, 15) is 0 Å². The summed E-state index contributed by atoms with van der Waals surface area (Å²) in [6.07, 6.45) is 1.80. The molecule has 0 spiro atoms. The summed E-state index contributed by atoms with van der Waals surface area (Å²) in [6.45, 7) is 0. The Balaban J connectivity index is 1.42. The summed E-state index contributed by atoms with van der Waals surface area (Å²) in [5, 5.41) is 11.2. The molecule has 186 valence electrons. The van der Waals surface area contributed by atoms with Crippen molar-refractivity contribution in [3.8, 4) is 22.3 Å². The van der Waals surface area contributed by atoms with Gasteiger partial charge in [-0.3, -0.25) is 0 Å². The van der Waals surface area contributed by atoms with Gasteiger partial charge in [-0.1, -0.05) is 97.1 Å². The summed E-state index contributed by atoms with van der Waals surface area (Å²) in [7, 11) is 0. The fraction of sp³-hybridized carbons (Fsp3) is 0. The average molecular weight is 527 g/mol. The Morgan fingerprint density at radius 1 is 0.450 bits per heavy atom. The Labute approximate surface area is 234 Å². The molecule has 9 aromatic rings. The van der Waals surface area contributed by atoms with Gasteiger partial charge in [0.15, 0.2) is 0 Å². The highest BCUT2D eigenvalue weighted by Crippen LogP contribution is 2.47. The molecule has 2 heteroatoms. The summed E-state index contributed by atoms with van der Waals surface area (Å²) in [5.74, 6) is 0. The molecule has 0 bridgehead atoms. The molecule has 7 aromatic carbocycles. The molecule has 0 fully saturated rings. The van der Waals surface area contributed by atoms with Crippen LogP contribution in [0.5, 0.6) is 0 Å². The maximum absolute atomic E-state index is 5.99. The van der Waals surface area contributed by atoms with Crippen molar-refractivity contribution in [2.45, 2.75) is 0 Å². The van der Waals surface area contributed by atoms with Gasteiger partial charge >= 0.3 is 0 Å². The maximum Gasteiger partial charge on any atom is 0.143 e. The standard InChI is InChI=1S/C38H22OS/c1-2-10-26-23(8-1)9-7-15-27(26)36-30-13-5-3-11-28(30)35(29-12-4-6-14-31(29)36)25-17-18-33-32(22-25)37-34(40-33)19-16-24-20-21-39-38(24)37/h1-22H. The van der Waals surface area contributed by atoms with Gasteiger partial charge < -0.3 is 4.42 Å². The van der Waals surface area contributed by atoms with Gasteiger partial charge in [-0.25, -0.2) is 0 Å². The lowest BCUT2D eigenvalue weighted by atomic mass is 9.84. The quantitative estimate of drug-likeness (QED) is 0.204. The van der Waals surface area contributed by atoms with Gasteiger partial charge in [-0.2, -0.15) is 0 Å². The molecule has 0 unspecified atom stereocenters. The van der Waals surface area contributed by atoms with Crippen LogP contribution in [0.2, 0.25) is 0 Å². The van der Waals surface area contributed by atoms with Crippen LogP contribution in [0, 0.1) is 0 Å². The summed E-state index contributed by atoms with van der Waals surface area (Å²) in [6, 6.07) is 46.5. The second-order valence-electron chi connectivity index (χ2n) is 10.5. The highest BCUT2D eigenvalue weighted by molar-refractivity contribution is 7.26.